The maximum atomic E-state index is 13.1. The van der Waals surface area contributed by atoms with Crippen molar-refractivity contribution in [1.29, 1.82) is 0 Å². The minimum Gasteiger partial charge on any atom is -0.376 e. The van der Waals surface area contributed by atoms with Crippen LogP contribution in [0.3, 0.4) is 0 Å². The highest BCUT2D eigenvalue weighted by Crippen LogP contribution is 2.17. The summed E-state index contributed by atoms with van der Waals surface area (Å²) in [5.74, 6) is -0.211. The van der Waals surface area contributed by atoms with Crippen molar-refractivity contribution in [1.82, 2.24) is 5.32 Å². The fourth-order valence-corrected chi connectivity index (χ4v) is 2.64. The highest BCUT2D eigenvalue weighted by atomic mass is 19.1. The Bertz CT molecular complexity index is 454. The Balaban J connectivity index is 1.77. The van der Waals surface area contributed by atoms with Gasteiger partial charge < -0.3 is 10.6 Å². The number of carbonyl (C=O) groups is 1. The van der Waals surface area contributed by atoms with E-state index in [1.807, 2.05) is 0 Å². The van der Waals surface area contributed by atoms with Crippen molar-refractivity contribution in [3.05, 3.63) is 29.6 Å². The van der Waals surface area contributed by atoms with Gasteiger partial charge in [0, 0.05) is 11.7 Å². The molecule has 1 aliphatic rings. The molecule has 1 aliphatic carbocycles. The highest BCUT2D eigenvalue weighted by Gasteiger charge is 2.14. The topological polar surface area (TPSA) is 41.1 Å². The smallest absolute Gasteiger partial charge is 0.239 e. The van der Waals surface area contributed by atoms with Crippen molar-refractivity contribution in [2.24, 2.45) is 0 Å². The maximum Gasteiger partial charge on any atom is 0.239 e. The third-order valence-electron chi connectivity index (χ3n) is 3.83. The summed E-state index contributed by atoms with van der Waals surface area (Å²) in [6, 6.07) is 5.11. The molecule has 20 heavy (non-hydrogen) atoms. The lowest BCUT2D eigenvalue weighted by atomic mass is 10.1. The molecule has 1 aromatic rings. The van der Waals surface area contributed by atoms with Crippen molar-refractivity contribution in [2.45, 2.75) is 51.5 Å². The average molecular weight is 278 g/mol. The van der Waals surface area contributed by atoms with Crippen molar-refractivity contribution in [3.8, 4) is 0 Å². The van der Waals surface area contributed by atoms with Gasteiger partial charge in [-0.25, -0.2) is 4.39 Å². The second-order valence-corrected chi connectivity index (χ2v) is 5.57. The highest BCUT2D eigenvalue weighted by molar-refractivity contribution is 5.81. The van der Waals surface area contributed by atoms with E-state index in [0.717, 1.165) is 18.5 Å². The van der Waals surface area contributed by atoms with Gasteiger partial charge in [0.2, 0.25) is 5.91 Å². The predicted molar refractivity (Wildman–Crippen MR) is 79.3 cm³/mol. The first-order valence-corrected chi connectivity index (χ1v) is 7.44. The SMILES string of the molecule is Cc1cc(NCC(=O)NC2CCCCCC2)ccc1F. The van der Waals surface area contributed by atoms with Crippen LogP contribution in [-0.2, 0) is 4.79 Å². The zero-order valence-corrected chi connectivity index (χ0v) is 12.0. The summed E-state index contributed by atoms with van der Waals surface area (Å²) in [4.78, 5) is 11.9. The summed E-state index contributed by atoms with van der Waals surface area (Å²) in [5.41, 5.74) is 1.36. The summed E-state index contributed by atoms with van der Waals surface area (Å²) in [6.45, 7) is 1.95. The van der Waals surface area contributed by atoms with Crippen LogP contribution in [0, 0.1) is 12.7 Å². The third kappa shape index (κ3) is 4.51. The molecular weight excluding hydrogens is 255 g/mol. The van der Waals surface area contributed by atoms with Gasteiger partial charge in [-0.3, -0.25) is 4.79 Å². The van der Waals surface area contributed by atoms with Gasteiger partial charge in [-0.15, -0.1) is 0 Å². The second-order valence-electron chi connectivity index (χ2n) is 5.57. The molecule has 0 spiro atoms. The van der Waals surface area contributed by atoms with Crippen LogP contribution in [-0.4, -0.2) is 18.5 Å². The molecule has 1 amide bonds. The normalized spacial score (nSPS) is 16.5. The molecule has 0 radical (unpaired) electrons. The molecule has 0 aromatic heterocycles. The predicted octanol–water partition coefficient (Wildman–Crippen LogP) is 3.39. The van der Waals surface area contributed by atoms with E-state index in [2.05, 4.69) is 10.6 Å². The Labute approximate surface area is 120 Å². The van der Waals surface area contributed by atoms with E-state index in [1.54, 1.807) is 19.1 Å². The lowest BCUT2D eigenvalue weighted by Gasteiger charge is -2.16. The van der Waals surface area contributed by atoms with Gasteiger partial charge in [0.05, 0.1) is 6.54 Å². The first-order valence-electron chi connectivity index (χ1n) is 7.44. The molecule has 0 aliphatic heterocycles. The average Bonchev–Trinajstić information content (AvgIpc) is 2.69. The standard InChI is InChI=1S/C16H23FN2O/c1-12-10-14(8-9-15(12)17)18-11-16(20)19-13-6-4-2-3-5-7-13/h8-10,13,18H,2-7,11H2,1H3,(H,19,20). The molecule has 0 heterocycles. The number of halogens is 1. The van der Waals surface area contributed by atoms with Gasteiger partial charge in [0.15, 0.2) is 0 Å². The van der Waals surface area contributed by atoms with Crippen LogP contribution >= 0.6 is 0 Å². The van der Waals surface area contributed by atoms with Gasteiger partial charge in [-0.05, 0) is 43.5 Å². The summed E-state index contributed by atoms with van der Waals surface area (Å²) < 4.78 is 13.1. The number of rotatable bonds is 4. The quantitative estimate of drug-likeness (QED) is 0.829. The fourth-order valence-electron chi connectivity index (χ4n) is 2.64. The number of carbonyl (C=O) groups excluding carboxylic acids is 1. The molecule has 3 nitrogen and oxygen atoms in total. The van der Waals surface area contributed by atoms with E-state index < -0.39 is 0 Å². The first kappa shape index (κ1) is 14.8. The lowest BCUT2D eigenvalue weighted by molar-refractivity contribution is -0.120. The lowest BCUT2D eigenvalue weighted by Crippen LogP contribution is -2.38. The van der Waals surface area contributed by atoms with Crippen LogP contribution in [0.1, 0.15) is 44.1 Å². The summed E-state index contributed by atoms with van der Waals surface area (Å²) in [7, 11) is 0. The molecule has 110 valence electrons. The van der Waals surface area contributed by atoms with E-state index in [4.69, 9.17) is 0 Å². The number of anilines is 1. The van der Waals surface area contributed by atoms with E-state index in [0.29, 0.717) is 11.6 Å². The summed E-state index contributed by atoms with van der Waals surface area (Å²) in [5, 5.41) is 6.12. The van der Waals surface area contributed by atoms with Gasteiger partial charge in [0.1, 0.15) is 5.82 Å². The van der Waals surface area contributed by atoms with Gasteiger partial charge in [0.25, 0.3) is 0 Å². The zero-order valence-electron chi connectivity index (χ0n) is 12.0. The second kappa shape index (κ2) is 7.27. The van der Waals surface area contributed by atoms with Crippen LogP contribution in [0.4, 0.5) is 10.1 Å². The van der Waals surface area contributed by atoms with Crippen molar-refractivity contribution in [3.63, 3.8) is 0 Å². The molecule has 1 saturated carbocycles. The molecule has 0 bridgehead atoms. The van der Waals surface area contributed by atoms with Crippen LogP contribution in [0.15, 0.2) is 18.2 Å². The minimum atomic E-state index is -0.224. The maximum absolute atomic E-state index is 13.1. The first-order chi connectivity index (χ1) is 9.65. The Morgan fingerprint density at radius 1 is 1.25 bits per heavy atom. The monoisotopic (exact) mass is 278 g/mol. The third-order valence-corrected chi connectivity index (χ3v) is 3.83. The number of benzene rings is 1. The summed E-state index contributed by atoms with van der Waals surface area (Å²) in [6.07, 6.45) is 7.13. The van der Waals surface area contributed by atoms with Crippen LogP contribution < -0.4 is 10.6 Å². The molecule has 0 saturated heterocycles. The van der Waals surface area contributed by atoms with Gasteiger partial charge in [-0.1, -0.05) is 25.7 Å². The molecule has 4 heteroatoms. The molecule has 2 N–H and O–H groups in total. The van der Waals surface area contributed by atoms with E-state index in [1.165, 1.54) is 31.7 Å². The number of hydrogen-bond acceptors (Lipinski definition) is 2. The zero-order chi connectivity index (χ0) is 14.4. The van der Waals surface area contributed by atoms with E-state index >= 15 is 0 Å². The van der Waals surface area contributed by atoms with Crippen molar-refractivity contribution >= 4 is 11.6 Å². The number of hydrogen-bond donors (Lipinski definition) is 2. The van der Waals surface area contributed by atoms with Crippen LogP contribution in [0.2, 0.25) is 0 Å². The van der Waals surface area contributed by atoms with E-state index in [9.17, 15) is 9.18 Å². The van der Waals surface area contributed by atoms with Crippen molar-refractivity contribution in [2.75, 3.05) is 11.9 Å². The largest absolute Gasteiger partial charge is 0.376 e. The van der Waals surface area contributed by atoms with Crippen molar-refractivity contribution < 1.29 is 9.18 Å². The Hall–Kier alpha value is -1.58. The molecule has 1 aromatic carbocycles. The summed E-state index contributed by atoms with van der Waals surface area (Å²) >= 11 is 0. The van der Waals surface area contributed by atoms with Crippen LogP contribution in [0.5, 0.6) is 0 Å². The molecule has 0 unspecified atom stereocenters. The number of nitrogens with one attached hydrogen (secondary N) is 2. The Morgan fingerprint density at radius 3 is 2.60 bits per heavy atom. The minimum absolute atomic E-state index is 0.0129. The molecule has 2 rings (SSSR count). The number of amides is 1. The van der Waals surface area contributed by atoms with Gasteiger partial charge in [-0.2, -0.15) is 0 Å². The van der Waals surface area contributed by atoms with Gasteiger partial charge >= 0.3 is 0 Å². The Kier molecular flexibility index (Phi) is 5.39. The molecule has 1 fully saturated rings. The fraction of sp³-hybridized carbons (Fsp3) is 0.562. The Morgan fingerprint density at radius 2 is 1.95 bits per heavy atom. The van der Waals surface area contributed by atoms with Crippen LogP contribution in [0.25, 0.3) is 0 Å². The molecular formula is C16H23FN2O. The van der Waals surface area contributed by atoms with E-state index in [-0.39, 0.29) is 18.3 Å². The number of aryl methyl sites for hydroxylation is 1. The molecule has 0 atom stereocenters.